The van der Waals surface area contributed by atoms with E-state index in [-0.39, 0.29) is 5.78 Å². The molecule has 0 amide bonds. The zero-order chi connectivity index (χ0) is 14.8. The van der Waals surface area contributed by atoms with E-state index in [1.54, 1.807) is 6.20 Å². The highest BCUT2D eigenvalue weighted by Crippen LogP contribution is 2.30. The number of benzene rings is 1. The smallest absolute Gasteiger partial charge is 0.206 e. The third-order valence-electron chi connectivity index (χ3n) is 3.19. The number of carbonyl (C=O) groups excluding carboxylic acids is 1. The van der Waals surface area contributed by atoms with Crippen molar-refractivity contribution in [2.24, 2.45) is 0 Å². The van der Waals surface area contributed by atoms with Gasteiger partial charge in [-0.3, -0.25) is 4.79 Å². The standard InChI is InChI=1S/C16H14BrNO2S/c1-2-6-20-10-3-4-14-11(8-10)12(9-18-14)15(19)16-13(17)5-7-21-16/h3-5,7-9,18H,2,6H2,1H3. The molecular formula is C16H14BrNO2S. The summed E-state index contributed by atoms with van der Waals surface area (Å²) < 4.78 is 6.49. The second-order valence-electron chi connectivity index (χ2n) is 4.68. The molecular weight excluding hydrogens is 350 g/mol. The van der Waals surface area contributed by atoms with E-state index in [2.05, 4.69) is 27.8 Å². The number of hydrogen-bond acceptors (Lipinski definition) is 3. The summed E-state index contributed by atoms with van der Waals surface area (Å²) >= 11 is 4.86. The molecule has 5 heteroatoms. The Bertz CT molecular complexity index is 791. The molecule has 0 radical (unpaired) electrons. The van der Waals surface area contributed by atoms with Crippen molar-refractivity contribution in [3.8, 4) is 5.75 Å². The number of carbonyl (C=O) groups is 1. The van der Waals surface area contributed by atoms with E-state index in [4.69, 9.17) is 4.74 Å². The minimum absolute atomic E-state index is 0.0239. The fraction of sp³-hybridized carbons (Fsp3) is 0.188. The minimum Gasteiger partial charge on any atom is -0.494 e. The van der Waals surface area contributed by atoms with E-state index in [1.807, 2.05) is 29.6 Å². The Balaban J connectivity index is 2.02. The second-order valence-corrected chi connectivity index (χ2v) is 6.46. The van der Waals surface area contributed by atoms with Crippen LogP contribution < -0.4 is 4.74 Å². The first-order valence-electron chi connectivity index (χ1n) is 6.72. The molecule has 0 aliphatic heterocycles. The maximum Gasteiger partial charge on any atom is 0.206 e. The van der Waals surface area contributed by atoms with E-state index in [0.717, 1.165) is 32.4 Å². The van der Waals surface area contributed by atoms with Gasteiger partial charge in [0, 0.05) is 27.1 Å². The predicted octanol–water partition coefficient (Wildman–Crippen LogP) is 5.01. The Hall–Kier alpha value is -1.59. The van der Waals surface area contributed by atoms with Gasteiger partial charge in [0.05, 0.1) is 11.5 Å². The molecule has 21 heavy (non-hydrogen) atoms. The molecule has 0 saturated carbocycles. The van der Waals surface area contributed by atoms with E-state index in [0.29, 0.717) is 12.2 Å². The fourth-order valence-electron chi connectivity index (χ4n) is 2.18. The number of halogens is 1. The molecule has 3 nitrogen and oxygen atoms in total. The Kier molecular flexibility index (Phi) is 4.12. The highest BCUT2D eigenvalue weighted by molar-refractivity contribution is 9.10. The summed E-state index contributed by atoms with van der Waals surface area (Å²) in [4.78, 5) is 16.5. The van der Waals surface area contributed by atoms with Crippen molar-refractivity contribution < 1.29 is 9.53 Å². The van der Waals surface area contributed by atoms with Crippen LogP contribution in [-0.4, -0.2) is 17.4 Å². The quantitative estimate of drug-likeness (QED) is 0.647. The lowest BCUT2D eigenvalue weighted by Crippen LogP contribution is -1.99. The monoisotopic (exact) mass is 363 g/mol. The third kappa shape index (κ3) is 2.76. The average molecular weight is 364 g/mol. The van der Waals surface area contributed by atoms with Crippen LogP contribution in [0.5, 0.6) is 5.75 Å². The first-order valence-corrected chi connectivity index (χ1v) is 8.39. The molecule has 108 valence electrons. The van der Waals surface area contributed by atoms with Gasteiger partial charge in [-0.2, -0.15) is 0 Å². The summed E-state index contributed by atoms with van der Waals surface area (Å²) in [6.07, 6.45) is 2.72. The maximum atomic E-state index is 12.6. The van der Waals surface area contributed by atoms with Gasteiger partial charge in [0.1, 0.15) is 5.75 Å². The topological polar surface area (TPSA) is 42.1 Å². The van der Waals surface area contributed by atoms with Gasteiger partial charge in [0.25, 0.3) is 0 Å². The molecule has 3 rings (SSSR count). The number of fused-ring (bicyclic) bond motifs is 1. The molecule has 1 aromatic carbocycles. The predicted molar refractivity (Wildman–Crippen MR) is 89.5 cm³/mol. The largest absolute Gasteiger partial charge is 0.494 e. The summed E-state index contributed by atoms with van der Waals surface area (Å²) in [6.45, 7) is 2.74. The van der Waals surface area contributed by atoms with Gasteiger partial charge >= 0.3 is 0 Å². The number of aromatic amines is 1. The van der Waals surface area contributed by atoms with Crippen LogP contribution in [-0.2, 0) is 0 Å². The van der Waals surface area contributed by atoms with E-state index >= 15 is 0 Å². The SMILES string of the molecule is CCCOc1ccc2[nH]cc(C(=O)c3sccc3Br)c2c1. The molecule has 0 aliphatic carbocycles. The van der Waals surface area contributed by atoms with Gasteiger partial charge in [-0.25, -0.2) is 0 Å². The summed E-state index contributed by atoms with van der Waals surface area (Å²) in [5.74, 6) is 0.819. The van der Waals surface area contributed by atoms with Crippen molar-refractivity contribution >= 4 is 44.0 Å². The van der Waals surface area contributed by atoms with Crippen LogP contribution in [0.15, 0.2) is 40.3 Å². The normalized spacial score (nSPS) is 11.0. The van der Waals surface area contributed by atoms with E-state index in [9.17, 15) is 4.79 Å². The molecule has 0 spiro atoms. The lowest BCUT2D eigenvalue weighted by molar-refractivity contribution is 0.104. The average Bonchev–Trinajstić information content (AvgIpc) is 3.10. The van der Waals surface area contributed by atoms with Crippen LogP contribution in [0.3, 0.4) is 0 Å². The van der Waals surface area contributed by atoms with Gasteiger partial charge in [-0.1, -0.05) is 6.92 Å². The number of ketones is 1. The number of ether oxygens (including phenoxy) is 1. The van der Waals surface area contributed by atoms with E-state index in [1.165, 1.54) is 11.3 Å². The van der Waals surface area contributed by atoms with Crippen LogP contribution >= 0.6 is 27.3 Å². The van der Waals surface area contributed by atoms with Crippen LogP contribution in [0.25, 0.3) is 10.9 Å². The van der Waals surface area contributed by atoms with Gasteiger partial charge in [-0.15, -0.1) is 11.3 Å². The number of aromatic nitrogens is 1. The van der Waals surface area contributed by atoms with Crippen LogP contribution in [0, 0.1) is 0 Å². The molecule has 0 atom stereocenters. The molecule has 0 saturated heterocycles. The van der Waals surface area contributed by atoms with Crippen molar-refractivity contribution in [1.82, 2.24) is 4.98 Å². The first kappa shape index (κ1) is 14.4. The first-order chi connectivity index (χ1) is 10.2. The van der Waals surface area contributed by atoms with E-state index < -0.39 is 0 Å². The minimum atomic E-state index is 0.0239. The molecule has 3 aromatic rings. The summed E-state index contributed by atoms with van der Waals surface area (Å²) in [6, 6.07) is 7.68. The van der Waals surface area contributed by atoms with Crippen LogP contribution in [0.4, 0.5) is 0 Å². The van der Waals surface area contributed by atoms with Crippen molar-refractivity contribution in [2.45, 2.75) is 13.3 Å². The van der Waals surface area contributed by atoms with Crippen LogP contribution in [0.2, 0.25) is 0 Å². The summed E-state index contributed by atoms with van der Waals surface area (Å²) in [5, 5.41) is 2.80. The molecule has 0 unspecified atom stereocenters. The molecule has 1 N–H and O–H groups in total. The molecule has 2 aromatic heterocycles. The highest BCUT2D eigenvalue weighted by atomic mass is 79.9. The molecule has 0 bridgehead atoms. The fourth-order valence-corrected chi connectivity index (χ4v) is 3.68. The number of nitrogens with one attached hydrogen (secondary N) is 1. The summed E-state index contributed by atoms with van der Waals surface area (Å²) in [7, 11) is 0. The van der Waals surface area contributed by atoms with Crippen LogP contribution in [0.1, 0.15) is 28.6 Å². The van der Waals surface area contributed by atoms with Crippen molar-refractivity contribution in [2.75, 3.05) is 6.61 Å². The number of H-pyrrole nitrogens is 1. The highest BCUT2D eigenvalue weighted by Gasteiger charge is 2.18. The Labute approximate surface area is 135 Å². The van der Waals surface area contributed by atoms with Gasteiger partial charge in [-0.05, 0) is 52.0 Å². The second kappa shape index (κ2) is 6.03. The number of hydrogen-bond donors (Lipinski definition) is 1. The molecule has 0 fully saturated rings. The van der Waals surface area contributed by atoms with Crippen molar-refractivity contribution in [3.05, 3.63) is 50.8 Å². The zero-order valence-electron chi connectivity index (χ0n) is 11.5. The maximum absolute atomic E-state index is 12.6. The van der Waals surface area contributed by atoms with Crippen molar-refractivity contribution in [1.29, 1.82) is 0 Å². The lowest BCUT2D eigenvalue weighted by Gasteiger charge is -2.05. The van der Waals surface area contributed by atoms with Gasteiger partial charge in [0.2, 0.25) is 5.78 Å². The molecule has 2 heterocycles. The zero-order valence-corrected chi connectivity index (χ0v) is 13.9. The number of thiophene rings is 1. The summed E-state index contributed by atoms with van der Waals surface area (Å²) in [5.41, 5.74) is 1.62. The van der Waals surface area contributed by atoms with Gasteiger partial charge < -0.3 is 9.72 Å². The number of rotatable bonds is 5. The Morgan fingerprint density at radius 3 is 2.95 bits per heavy atom. The molecule has 0 aliphatic rings. The van der Waals surface area contributed by atoms with Crippen molar-refractivity contribution in [3.63, 3.8) is 0 Å². The Morgan fingerprint density at radius 2 is 2.24 bits per heavy atom. The van der Waals surface area contributed by atoms with Gasteiger partial charge in [0.15, 0.2) is 0 Å². The Morgan fingerprint density at radius 1 is 1.38 bits per heavy atom. The lowest BCUT2D eigenvalue weighted by atomic mass is 10.1. The third-order valence-corrected chi connectivity index (χ3v) is 5.03.